The Hall–Kier alpha value is -4.12. The number of nitrogens with zero attached hydrogens (tertiary/aromatic N) is 3. The topological polar surface area (TPSA) is 179 Å². The van der Waals surface area contributed by atoms with Gasteiger partial charge in [-0.1, -0.05) is 49.3 Å². The van der Waals surface area contributed by atoms with Gasteiger partial charge in [-0.15, -0.1) is 0 Å². The Balaban J connectivity index is 1.45. The Kier molecular flexibility index (Phi) is 11.2. The van der Waals surface area contributed by atoms with Gasteiger partial charge in [0.25, 0.3) is 5.91 Å². The first-order valence-corrected chi connectivity index (χ1v) is 14.8. The van der Waals surface area contributed by atoms with E-state index in [9.17, 15) is 24.4 Å². The van der Waals surface area contributed by atoms with Crippen molar-refractivity contribution >= 4 is 23.5 Å². The van der Waals surface area contributed by atoms with Crippen molar-refractivity contribution in [1.82, 2.24) is 26.0 Å². The third kappa shape index (κ3) is 9.19. The summed E-state index contributed by atoms with van der Waals surface area (Å²) in [5.74, 6) is -1.61. The molecule has 2 saturated heterocycles. The van der Waals surface area contributed by atoms with Gasteiger partial charge in [0.2, 0.25) is 11.8 Å². The monoisotopic (exact) mass is 608 g/mol. The molecule has 0 aliphatic carbocycles. The lowest BCUT2D eigenvalue weighted by Gasteiger charge is -2.26. The molecule has 2 aliphatic heterocycles. The number of ketones is 1. The fourth-order valence-corrected chi connectivity index (χ4v) is 4.93. The maximum Gasteiger partial charge on any atom is 0.274 e. The van der Waals surface area contributed by atoms with E-state index >= 15 is 0 Å². The summed E-state index contributed by atoms with van der Waals surface area (Å²) in [6, 6.07) is 9.32. The molecule has 4 rings (SSSR count). The molecular formula is C31H40N6O7. The summed E-state index contributed by atoms with van der Waals surface area (Å²) in [6.07, 6.45) is 0.171. The van der Waals surface area contributed by atoms with E-state index < -0.39 is 41.4 Å². The molecule has 0 radical (unpaired) electrons. The lowest BCUT2D eigenvalue weighted by Crippen LogP contribution is -2.57. The molecule has 2 aromatic rings. The van der Waals surface area contributed by atoms with Crippen molar-refractivity contribution in [2.45, 2.75) is 70.3 Å². The Morgan fingerprint density at radius 3 is 2.32 bits per heavy atom. The summed E-state index contributed by atoms with van der Waals surface area (Å²) < 4.78 is 16.0. The number of carbonyl (C=O) groups excluding carboxylic acids is 4. The van der Waals surface area contributed by atoms with Crippen LogP contribution in [0.25, 0.3) is 0 Å². The number of carbonyl (C=O) groups is 4. The molecule has 1 aromatic heterocycles. The number of morpholine rings is 1. The average molecular weight is 609 g/mol. The molecule has 3 N–H and O–H groups in total. The highest BCUT2D eigenvalue weighted by Gasteiger charge is 2.50. The zero-order chi connectivity index (χ0) is 31.7. The molecule has 44 heavy (non-hydrogen) atoms. The molecule has 2 aliphatic rings. The van der Waals surface area contributed by atoms with E-state index in [1.807, 2.05) is 50.2 Å². The maximum absolute atomic E-state index is 13.6. The van der Waals surface area contributed by atoms with Crippen molar-refractivity contribution in [3.63, 3.8) is 0 Å². The number of aromatic nitrogens is 1. The van der Waals surface area contributed by atoms with Gasteiger partial charge in [-0.25, -0.2) is 0 Å². The summed E-state index contributed by atoms with van der Waals surface area (Å²) in [5.41, 5.74) is -0.196. The fourth-order valence-electron chi connectivity index (χ4n) is 4.93. The van der Waals surface area contributed by atoms with Crippen LogP contribution in [0, 0.1) is 17.2 Å². The standard InChI is InChI=1S/C31H40N6O7/c1-20(2)15-24(27(38)31(3)19-43-31)34-29(40)25(16-21-7-5-4-6-8-21)35-28(39)23(9-10-32)33-30(41)26-17-22(44-36-26)18-37-11-13-42-14-12-37/h4-8,17,20,23-25H,9,11-16,18-19H2,1-3H3,(H,33,41)(H,34,40)(H,35,39). The van der Waals surface area contributed by atoms with Gasteiger partial charge in [0.15, 0.2) is 17.2 Å². The third-order valence-corrected chi connectivity index (χ3v) is 7.55. The zero-order valence-corrected chi connectivity index (χ0v) is 25.3. The van der Waals surface area contributed by atoms with E-state index in [2.05, 4.69) is 26.0 Å². The van der Waals surface area contributed by atoms with Crippen LogP contribution in [0.1, 0.15) is 55.4 Å². The van der Waals surface area contributed by atoms with E-state index in [4.69, 9.17) is 14.0 Å². The quantitative estimate of drug-likeness (QED) is 0.248. The van der Waals surface area contributed by atoms with Gasteiger partial charge in [0.05, 0.1) is 44.9 Å². The molecular weight excluding hydrogens is 568 g/mol. The lowest BCUT2D eigenvalue weighted by molar-refractivity contribution is -0.133. The third-order valence-electron chi connectivity index (χ3n) is 7.55. The molecule has 13 heteroatoms. The Morgan fingerprint density at radius 1 is 1.02 bits per heavy atom. The Bertz CT molecular complexity index is 1340. The highest BCUT2D eigenvalue weighted by atomic mass is 16.6. The van der Waals surface area contributed by atoms with Crippen molar-refractivity contribution in [1.29, 1.82) is 5.26 Å². The minimum atomic E-state index is -1.27. The smallest absolute Gasteiger partial charge is 0.274 e. The number of hydrogen-bond acceptors (Lipinski definition) is 10. The van der Waals surface area contributed by atoms with Gasteiger partial charge in [0.1, 0.15) is 17.7 Å². The minimum absolute atomic E-state index is 0.0339. The van der Waals surface area contributed by atoms with Crippen molar-refractivity contribution in [3.05, 3.63) is 53.4 Å². The Labute approximate surface area is 256 Å². The molecule has 4 atom stereocenters. The summed E-state index contributed by atoms with van der Waals surface area (Å²) in [5, 5.41) is 21.3. The number of benzene rings is 1. The number of Topliss-reactive ketones (excluding diaryl/α,β-unsaturated/α-hetero) is 1. The number of ether oxygens (including phenoxy) is 2. The molecule has 0 saturated carbocycles. The van der Waals surface area contributed by atoms with Crippen LogP contribution in [-0.4, -0.2) is 90.2 Å². The largest absolute Gasteiger partial charge is 0.379 e. The van der Waals surface area contributed by atoms with Crippen LogP contribution < -0.4 is 16.0 Å². The number of epoxide rings is 1. The number of nitriles is 1. The van der Waals surface area contributed by atoms with E-state index in [1.165, 1.54) is 6.07 Å². The highest BCUT2D eigenvalue weighted by molar-refractivity contribution is 5.99. The number of amides is 3. The normalized spacial score (nSPS) is 20.2. The lowest BCUT2D eigenvalue weighted by atomic mass is 9.93. The van der Waals surface area contributed by atoms with Crippen LogP contribution in [0.2, 0.25) is 0 Å². The fraction of sp³-hybridized carbons (Fsp3) is 0.548. The van der Waals surface area contributed by atoms with Crippen LogP contribution >= 0.6 is 0 Å². The molecule has 3 amide bonds. The van der Waals surface area contributed by atoms with Crippen LogP contribution in [0.15, 0.2) is 40.9 Å². The average Bonchev–Trinajstić information content (AvgIpc) is 3.59. The van der Waals surface area contributed by atoms with Crippen LogP contribution in [0.5, 0.6) is 0 Å². The molecule has 4 unspecified atom stereocenters. The van der Waals surface area contributed by atoms with Gasteiger partial charge in [-0.2, -0.15) is 5.26 Å². The summed E-state index contributed by atoms with van der Waals surface area (Å²) >= 11 is 0. The molecule has 1 aromatic carbocycles. The number of nitrogens with one attached hydrogen (secondary N) is 3. The van der Waals surface area contributed by atoms with Crippen molar-refractivity contribution in [2.24, 2.45) is 5.92 Å². The van der Waals surface area contributed by atoms with Gasteiger partial charge in [-0.3, -0.25) is 24.1 Å². The van der Waals surface area contributed by atoms with Crippen LogP contribution in [0.4, 0.5) is 0 Å². The van der Waals surface area contributed by atoms with Crippen LogP contribution in [0.3, 0.4) is 0 Å². The van der Waals surface area contributed by atoms with Gasteiger partial charge in [-0.05, 0) is 24.8 Å². The predicted octanol–water partition coefficient (Wildman–Crippen LogP) is 1.14. The first-order valence-electron chi connectivity index (χ1n) is 14.8. The molecule has 13 nitrogen and oxygen atoms in total. The van der Waals surface area contributed by atoms with Crippen molar-refractivity contribution < 1.29 is 33.2 Å². The van der Waals surface area contributed by atoms with Crippen LogP contribution in [-0.2, 0) is 36.8 Å². The SMILES string of the molecule is CC(C)CC(NC(=O)C(Cc1ccccc1)NC(=O)C(CC#N)NC(=O)c1cc(CN2CCOCC2)on1)C(=O)C1(C)CO1. The second kappa shape index (κ2) is 15.1. The minimum Gasteiger partial charge on any atom is -0.379 e. The molecule has 0 spiro atoms. The van der Waals surface area contributed by atoms with Crippen molar-refractivity contribution in [3.8, 4) is 6.07 Å². The second-order valence-electron chi connectivity index (χ2n) is 11.8. The highest BCUT2D eigenvalue weighted by Crippen LogP contribution is 2.29. The number of hydrogen-bond donors (Lipinski definition) is 3. The maximum atomic E-state index is 13.6. The first kappa shape index (κ1) is 32.8. The van der Waals surface area contributed by atoms with Crippen molar-refractivity contribution in [2.75, 3.05) is 32.9 Å². The number of rotatable bonds is 15. The first-order chi connectivity index (χ1) is 21.1. The molecule has 236 valence electrons. The van der Waals surface area contributed by atoms with Gasteiger partial charge in [0, 0.05) is 25.6 Å². The molecule has 2 fully saturated rings. The second-order valence-corrected chi connectivity index (χ2v) is 11.8. The van der Waals surface area contributed by atoms with E-state index in [0.29, 0.717) is 31.9 Å². The summed E-state index contributed by atoms with van der Waals surface area (Å²) in [6.45, 7) is 8.99. The molecule has 3 heterocycles. The Morgan fingerprint density at radius 2 is 1.68 bits per heavy atom. The predicted molar refractivity (Wildman–Crippen MR) is 157 cm³/mol. The van der Waals surface area contributed by atoms with Gasteiger partial charge >= 0.3 is 0 Å². The van der Waals surface area contributed by atoms with E-state index in [-0.39, 0.29) is 36.8 Å². The van der Waals surface area contributed by atoms with E-state index in [0.717, 1.165) is 18.7 Å². The van der Waals surface area contributed by atoms with E-state index in [1.54, 1.807) is 6.92 Å². The zero-order valence-electron chi connectivity index (χ0n) is 25.3. The summed E-state index contributed by atoms with van der Waals surface area (Å²) in [4.78, 5) is 55.3. The molecule has 0 bridgehead atoms. The van der Waals surface area contributed by atoms with Gasteiger partial charge < -0.3 is 29.9 Å². The summed E-state index contributed by atoms with van der Waals surface area (Å²) in [7, 11) is 0.